The summed E-state index contributed by atoms with van der Waals surface area (Å²) in [5, 5.41) is 9.95. The number of hydrogen-bond acceptors (Lipinski definition) is 4. The van der Waals surface area contributed by atoms with Gasteiger partial charge in [-0.25, -0.2) is 4.79 Å². The zero-order chi connectivity index (χ0) is 15.9. The van der Waals surface area contributed by atoms with E-state index >= 15 is 0 Å². The second-order valence-electron chi connectivity index (χ2n) is 5.47. The van der Waals surface area contributed by atoms with Gasteiger partial charge in [0, 0.05) is 19.2 Å². The largest absolute Gasteiger partial charge is 0.461 e. The monoisotopic (exact) mass is 299 g/mol. The standard InChI is InChI=1S/C17H33NO3/c1-4-7-8-9-12-18(15-16(19)10-5-2)13-14-21-17(20)11-6-3/h6,11,16,19H,4-5,7-10,12-15H2,1-3H3/b11-6+. The Morgan fingerprint density at radius 1 is 1.19 bits per heavy atom. The maximum absolute atomic E-state index is 11.3. The average Bonchev–Trinajstić information content (AvgIpc) is 2.43. The average molecular weight is 299 g/mol. The van der Waals surface area contributed by atoms with Gasteiger partial charge >= 0.3 is 5.97 Å². The van der Waals surface area contributed by atoms with E-state index in [1.54, 1.807) is 13.0 Å². The number of unbranched alkanes of at least 4 members (excludes halogenated alkanes) is 3. The molecule has 0 spiro atoms. The molecule has 124 valence electrons. The SMILES string of the molecule is C/C=C/C(=O)OCCN(CCCCCC)CC(O)CCC. The molecule has 0 aromatic rings. The zero-order valence-corrected chi connectivity index (χ0v) is 14.0. The minimum absolute atomic E-state index is 0.285. The second kappa shape index (κ2) is 14.1. The number of allylic oxidation sites excluding steroid dienone is 1. The highest BCUT2D eigenvalue weighted by molar-refractivity contribution is 5.81. The van der Waals surface area contributed by atoms with Gasteiger partial charge in [-0.15, -0.1) is 0 Å². The molecule has 1 atom stereocenters. The van der Waals surface area contributed by atoms with Crippen LogP contribution in [0.4, 0.5) is 0 Å². The fourth-order valence-electron chi connectivity index (χ4n) is 2.24. The number of aliphatic hydroxyl groups excluding tert-OH is 1. The molecule has 0 aromatic carbocycles. The number of esters is 1. The number of ether oxygens (including phenoxy) is 1. The van der Waals surface area contributed by atoms with Crippen molar-refractivity contribution in [1.82, 2.24) is 4.90 Å². The fourth-order valence-corrected chi connectivity index (χ4v) is 2.24. The van der Waals surface area contributed by atoms with E-state index in [4.69, 9.17) is 4.74 Å². The minimum Gasteiger partial charge on any atom is -0.461 e. The molecule has 4 nitrogen and oxygen atoms in total. The molecule has 1 N–H and O–H groups in total. The molecule has 0 radical (unpaired) electrons. The molecule has 0 amide bonds. The molecular weight excluding hydrogens is 266 g/mol. The number of aliphatic hydroxyl groups is 1. The van der Waals surface area contributed by atoms with Crippen LogP contribution < -0.4 is 0 Å². The lowest BCUT2D eigenvalue weighted by Crippen LogP contribution is -2.36. The Morgan fingerprint density at radius 3 is 2.57 bits per heavy atom. The van der Waals surface area contributed by atoms with Crippen molar-refractivity contribution in [2.45, 2.75) is 65.4 Å². The summed E-state index contributed by atoms with van der Waals surface area (Å²) in [6.07, 6.45) is 9.46. The zero-order valence-electron chi connectivity index (χ0n) is 14.0. The van der Waals surface area contributed by atoms with Crippen molar-refractivity contribution in [3.8, 4) is 0 Å². The third-order valence-electron chi connectivity index (χ3n) is 3.37. The van der Waals surface area contributed by atoms with E-state index in [9.17, 15) is 9.90 Å². The Labute approximate surface area is 130 Å². The molecule has 0 aromatic heterocycles. The van der Waals surface area contributed by atoms with Crippen molar-refractivity contribution in [2.75, 3.05) is 26.2 Å². The van der Waals surface area contributed by atoms with Crippen molar-refractivity contribution < 1.29 is 14.6 Å². The van der Waals surface area contributed by atoms with Crippen LogP contribution >= 0.6 is 0 Å². The summed E-state index contributed by atoms with van der Waals surface area (Å²) in [6.45, 7) is 8.77. The molecule has 21 heavy (non-hydrogen) atoms. The van der Waals surface area contributed by atoms with E-state index in [2.05, 4.69) is 18.7 Å². The Balaban J connectivity index is 4.07. The second-order valence-corrected chi connectivity index (χ2v) is 5.47. The molecule has 0 saturated carbocycles. The number of hydrogen-bond donors (Lipinski definition) is 1. The summed E-state index contributed by atoms with van der Waals surface area (Å²) in [5.41, 5.74) is 0. The van der Waals surface area contributed by atoms with Gasteiger partial charge in [-0.3, -0.25) is 4.90 Å². The summed E-state index contributed by atoms with van der Waals surface area (Å²) in [5.74, 6) is -0.294. The van der Waals surface area contributed by atoms with Gasteiger partial charge in [0.05, 0.1) is 6.10 Å². The van der Waals surface area contributed by atoms with Crippen LogP contribution in [0.5, 0.6) is 0 Å². The van der Waals surface area contributed by atoms with Crippen molar-refractivity contribution >= 4 is 5.97 Å². The van der Waals surface area contributed by atoms with Crippen LogP contribution in [-0.2, 0) is 9.53 Å². The van der Waals surface area contributed by atoms with E-state index in [-0.39, 0.29) is 12.1 Å². The third-order valence-corrected chi connectivity index (χ3v) is 3.37. The van der Waals surface area contributed by atoms with Gasteiger partial charge in [0.15, 0.2) is 0 Å². The smallest absolute Gasteiger partial charge is 0.330 e. The van der Waals surface area contributed by atoms with Gasteiger partial charge in [0.2, 0.25) is 0 Å². The van der Waals surface area contributed by atoms with E-state index in [0.29, 0.717) is 19.7 Å². The normalized spacial score (nSPS) is 13.0. The number of carbonyl (C=O) groups is 1. The van der Waals surface area contributed by atoms with Crippen LogP contribution in [0.2, 0.25) is 0 Å². The van der Waals surface area contributed by atoms with Crippen molar-refractivity contribution in [3.63, 3.8) is 0 Å². The summed E-state index contributed by atoms with van der Waals surface area (Å²) in [4.78, 5) is 13.5. The maximum atomic E-state index is 11.3. The highest BCUT2D eigenvalue weighted by Gasteiger charge is 2.11. The van der Waals surface area contributed by atoms with Gasteiger partial charge < -0.3 is 9.84 Å². The van der Waals surface area contributed by atoms with E-state index in [0.717, 1.165) is 25.8 Å². The van der Waals surface area contributed by atoms with E-state index in [1.165, 1.54) is 25.3 Å². The minimum atomic E-state index is -0.294. The van der Waals surface area contributed by atoms with E-state index < -0.39 is 0 Å². The van der Waals surface area contributed by atoms with Crippen LogP contribution in [0.25, 0.3) is 0 Å². The van der Waals surface area contributed by atoms with Gasteiger partial charge in [-0.2, -0.15) is 0 Å². The lowest BCUT2D eigenvalue weighted by atomic mass is 10.1. The van der Waals surface area contributed by atoms with Gasteiger partial charge in [0.25, 0.3) is 0 Å². The lowest BCUT2D eigenvalue weighted by Gasteiger charge is -2.24. The molecular formula is C17H33NO3. The third kappa shape index (κ3) is 12.6. The Bertz CT molecular complexity index is 279. The molecule has 0 aliphatic heterocycles. The Kier molecular flexibility index (Phi) is 13.5. The molecule has 0 bridgehead atoms. The van der Waals surface area contributed by atoms with Gasteiger partial charge in [0.1, 0.15) is 6.61 Å². The fraction of sp³-hybridized carbons (Fsp3) is 0.824. The molecule has 0 heterocycles. The Morgan fingerprint density at radius 2 is 1.95 bits per heavy atom. The summed E-state index contributed by atoms with van der Waals surface area (Å²) in [7, 11) is 0. The molecule has 4 heteroatoms. The highest BCUT2D eigenvalue weighted by atomic mass is 16.5. The van der Waals surface area contributed by atoms with Gasteiger partial charge in [-0.05, 0) is 26.3 Å². The van der Waals surface area contributed by atoms with Crippen molar-refractivity contribution in [3.05, 3.63) is 12.2 Å². The first-order chi connectivity index (χ1) is 10.1. The molecule has 0 aliphatic carbocycles. The quantitative estimate of drug-likeness (QED) is 0.322. The van der Waals surface area contributed by atoms with Gasteiger partial charge in [-0.1, -0.05) is 45.6 Å². The maximum Gasteiger partial charge on any atom is 0.330 e. The highest BCUT2D eigenvalue weighted by Crippen LogP contribution is 2.05. The van der Waals surface area contributed by atoms with Crippen molar-refractivity contribution in [1.29, 1.82) is 0 Å². The predicted molar refractivity (Wildman–Crippen MR) is 87.3 cm³/mol. The number of rotatable bonds is 13. The first kappa shape index (κ1) is 20.1. The molecule has 0 rings (SSSR count). The predicted octanol–water partition coefficient (Wildman–Crippen LogP) is 3.15. The Hall–Kier alpha value is -0.870. The number of nitrogens with zero attached hydrogens (tertiary/aromatic N) is 1. The van der Waals surface area contributed by atoms with Crippen LogP contribution in [0.15, 0.2) is 12.2 Å². The summed E-state index contributed by atoms with van der Waals surface area (Å²) >= 11 is 0. The molecule has 0 aliphatic rings. The first-order valence-electron chi connectivity index (χ1n) is 8.33. The molecule has 0 fully saturated rings. The van der Waals surface area contributed by atoms with E-state index in [1.807, 2.05) is 0 Å². The first-order valence-corrected chi connectivity index (χ1v) is 8.33. The number of carbonyl (C=O) groups excluding carboxylic acids is 1. The van der Waals surface area contributed by atoms with Crippen LogP contribution in [-0.4, -0.2) is 48.3 Å². The van der Waals surface area contributed by atoms with Crippen LogP contribution in [0, 0.1) is 0 Å². The lowest BCUT2D eigenvalue weighted by molar-refractivity contribution is -0.138. The topological polar surface area (TPSA) is 49.8 Å². The molecule has 0 saturated heterocycles. The van der Waals surface area contributed by atoms with Crippen LogP contribution in [0.1, 0.15) is 59.3 Å². The molecule has 1 unspecified atom stereocenters. The summed E-state index contributed by atoms with van der Waals surface area (Å²) < 4.78 is 5.13. The van der Waals surface area contributed by atoms with Crippen molar-refractivity contribution in [2.24, 2.45) is 0 Å². The summed E-state index contributed by atoms with van der Waals surface area (Å²) in [6, 6.07) is 0. The van der Waals surface area contributed by atoms with Crippen LogP contribution in [0.3, 0.4) is 0 Å².